The average molecular weight is 629 g/mol. The van der Waals surface area contributed by atoms with E-state index in [0.717, 1.165) is 76.2 Å². The number of amides is 4. The largest absolute Gasteiger partial charge is 0.446 e. The number of rotatable bonds is 13. The predicted molar refractivity (Wildman–Crippen MR) is 165 cm³/mol. The van der Waals surface area contributed by atoms with E-state index in [1.54, 1.807) is 0 Å². The molecule has 5 rings (SSSR count). The molecular formula is C33H45ClN4O6. The normalized spacial score (nSPS) is 25.0. The summed E-state index contributed by atoms with van der Waals surface area (Å²) in [6.07, 6.45) is 10.2. The fourth-order valence-electron chi connectivity index (χ4n) is 6.96. The van der Waals surface area contributed by atoms with Crippen LogP contribution in [0.1, 0.15) is 89.0 Å². The summed E-state index contributed by atoms with van der Waals surface area (Å²) in [7, 11) is 0. The van der Waals surface area contributed by atoms with Crippen molar-refractivity contribution in [1.29, 1.82) is 0 Å². The van der Waals surface area contributed by atoms with Crippen LogP contribution in [-0.4, -0.2) is 60.4 Å². The summed E-state index contributed by atoms with van der Waals surface area (Å²) >= 11 is 6.17. The molecule has 1 aromatic rings. The van der Waals surface area contributed by atoms with E-state index in [-0.39, 0.29) is 36.3 Å². The molecule has 0 bridgehead atoms. The van der Waals surface area contributed by atoms with Crippen molar-refractivity contribution in [3.05, 3.63) is 34.9 Å². The Kier molecular flexibility index (Phi) is 11.2. The number of alkyl carbamates (subject to hydrolysis) is 1. The molecule has 10 nitrogen and oxygen atoms in total. The lowest BCUT2D eigenvalue weighted by atomic mass is 9.84. The van der Waals surface area contributed by atoms with Crippen molar-refractivity contribution in [3.8, 4) is 0 Å². The Labute approximate surface area is 264 Å². The van der Waals surface area contributed by atoms with E-state index in [4.69, 9.17) is 16.3 Å². The Bertz CT molecular complexity index is 1220. The van der Waals surface area contributed by atoms with Gasteiger partial charge in [0.2, 0.25) is 17.6 Å². The van der Waals surface area contributed by atoms with Crippen LogP contribution in [0.2, 0.25) is 5.02 Å². The topological polar surface area (TPSA) is 143 Å². The number of hydrogen-bond donors (Lipinski definition) is 4. The zero-order valence-corrected chi connectivity index (χ0v) is 26.0. The van der Waals surface area contributed by atoms with E-state index in [1.165, 1.54) is 0 Å². The maximum atomic E-state index is 13.8. The lowest BCUT2D eigenvalue weighted by molar-refractivity contribution is -0.141. The van der Waals surface area contributed by atoms with Crippen molar-refractivity contribution in [2.45, 2.75) is 114 Å². The molecule has 5 atom stereocenters. The highest BCUT2D eigenvalue weighted by molar-refractivity contribution is 6.38. The zero-order chi connectivity index (χ0) is 31.1. The molecule has 1 aromatic carbocycles. The first-order chi connectivity index (χ1) is 21.2. The average Bonchev–Trinajstić information content (AvgIpc) is 3.57. The van der Waals surface area contributed by atoms with Gasteiger partial charge in [-0.15, -0.1) is 0 Å². The maximum absolute atomic E-state index is 13.8. The molecule has 3 saturated carbocycles. The van der Waals surface area contributed by atoms with Gasteiger partial charge in [-0.25, -0.2) is 4.79 Å². The second kappa shape index (κ2) is 15.2. The standard InChI is InChI=1S/C33H45ClN4O6/c34-24-10-4-8-21(17-24)16-22-9-5-11-28(22)44-33(43)38-27(18-20-6-2-1-3-7-20)31(41)37-26(19-23-14-15-35-30(23)40)29(39)32(42)36-25-12-13-25/h4,8,10,17,20,22-23,25-28H,1-3,5-7,9,11-16,18-19H2,(H,35,40)(H,36,42)(H,37,41)(H,38,43)/t22-,23+,26+,27+,28-/m1/s1. The molecule has 0 spiro atoms. The van der Waals surface area contributed by atoms with Crippen LogP contribution in [0.4, 0.5) is 4.79 Å². The number of carbonyl (C=O) groups is 5. The van der Waals surface area contributed by atoms with E-state index in [0.29, 0.717) is 24.4 Å². The quantitative estimate of drug-likeness (QED) is 0.244. The number of Topliss-reactive ketones (excluding diaryl/α,β-unsaturated/α-hetero) is 1. The van der Waals surface area contributed by atoms with E-state index >= 15 is 0 Å². The first-order valence-corrected chi connectivity index (χ1v) is 16.8. The minimum Gasteiger partial charge on any atom is -0.446 e. The van der Waals surface area contributed by atoms with Crippen molar-refractivity contribution in [2.75, 3.05) is 6.54 Å². The first kappa shape index (κ1) is 32.3. The molecule has 4 aliphatic rings. The van der Waals surface area contributed by atoms with E-state index in [9.17, 15) is 24.0 Å². The number of ketones is 1. The van der Waals surface area contributed by atoms with Gasteiger partial charge in [0.1, 0.15) is 12.1 Å². The number of ether oxygens (including phenoxy) is 1. The van der Waals surface area contributed by atoms with Crippen LogP contribution in [0.15, 0.2) is 24.3 Å². The Morgan fingerprint density at radius 3 is 2.41 bits per heavy atom. The lowest BCUT2D eigenvalue weighted by Crippen LogP contribution is -2.55. The third-order valence-corrected chi connectivity index (χ3v) is 9.82. The fraction of sp³-hybridized carbons (Fsp3) is 0.667. The van der Waals surface area contributed by atoms with Crippen LogP contribution in [-0.2, 0) is 30.3 Å². The lowest BCUT2D eigenvalue weighted by Gasteiger charge is -2.29. The number of nitrogens with one attached hydrogen (secondary N) is 4. The van der Waals surface area contributed by atoms with Gasteiger partial charge in [0.05, 0.1) is 6.04 Å². The Hall–Kier alpha value is -3.14. The third kappa shape index (κ3) is 9.19. The Morgan fingerprint density at radius 1 is 0.909 bits per heavy atom. The maximum Gasteiger partial charge on any atom is 0.408 e. The molecule has 4 N–H and O–H groups in total. The van der Waals surface area contributed by atoms with E-state index < -0.39 is 41.7 Å². The van der Waals surface area contributed by atoms with Crippen LogP contribution < -0.4 is 21.3 Å². The van der Waals surface area contributed by atoms with Gasteiger partial charge < -0.3 is 26.0 Å². The first-order valence-electron chi connectivity index (χ1n) is 16.4. The Balaban J connectivity index is 1.25. The summed E-state index contributed by atoms with van der Waals surface area (Å²) < 4.78 is 5.91. The molecule has 1 aliphatic heterocycles. The summed E-state index contributed by atoms with van der Waals surface area (Å²) in [5.41, 5.74) is 1.09. The van der Waals surface area contributed by atoms with E-state index in [2.05, 4.69) is 21.3 Å². The van der Waals surface area contributed by atoms with Gasteiger partial charge in [0, 0.05) is 29.4 Å². The highest BCUT2D eigenvalue weighted by Gasteiger charge is 2.38. The number of hydrogen-bond acceptors (Lipinski definition) is 6. The van der Waals surface area contributed by atoms with Crippen molar-refractivity contribution in [2.24, 2.45) is 17.8 Å². The SMILES string of the molecule is O=C(N[C@@H](CC1CCCCC1)C(=O)N[C@@H](C[C@@H]1CCNC1=O)C(=O)C(=O)NC1CC1)O[C@@H]1CCC[C@@H]1Cc1cccc(Cl)c1. The Morgan fingerprint density at radius 2 is 1.70 bits per heavy atom. The molecule has 1 heterocycles. The molecule has 1 saturated heterocycles. The minimum absolute atomic E-state index is 0.0219. The molecule has 11 heteroatoms. The van der Waals surface area contributed by atoms with Crippen LogP contribution in [0.25, 0.3) is 0 Å². The van der Waals surface area contributed by atoms with Gasteiger partial charge in [-0.1, -0.05) is 55.8 Å². The van der Waals surface area contributed by atoms with Crippen molar-refractivity contribution < 1.29 is 28.7 Å². The molecular weight excluding hydrogens is 584 g/mol. The summed E-state index contributed by atoms with van der Waals surface area (Å²) in [4.78, 5) is 65.3. The zero-order valence-electron chi connectivity index (χ0n) is 25.3. The molecule has 4 fully saturated rings. The summed E-state index contributed by atoms with van der Waals surface area (Å²) in [5, 5.41) is 11.7. The minimum atomic E-state index is -1.17. The molecule has 3 aliphatic carbocycles. The fourth-order valence-corrected chi connectivity index (χ4v) is 7.17. The third-order valence-electron chi connectivity index (χ3n) is 9.59. The number of carbonyl (C=O) groups excluding carboxylic acids is 5. The monoisotopic (exact) mass is 628 g/mol. The van der Waals surface area contributed by atoms with Gasteiger partial charge in [0.25, 0.3) is 5.91 Å². The summed E-state index contributed by atoms with van der Waals surface area (Å²) in [6.45, 7) is 0.490. The second-order valence-electron chi connectivity index (χ2n) is 13.1. The summed E-state index contributed by atoms with van der Waals surface area (Å²) in [5.74, 6) is -2.33. The van der Waals surface area contributed by atoms with Crippen molar-refractivity contribution in [3.63, 3.8) is 0 Å². The predicted octanol–water partition coefficient (Wildman–Crippen LogP) is 3.98. The molecule has 0 unspecified atom stereocenters. The van der Waals surface area contributed by atoms with Crippen LogP contribution in [0.3, 0.4) is 0 Å². The van der Waals surface area contributed by atoms with Crippen molar-refractivity contribution >= 4 is 41.2 Å². The van der Waals surface area contributed by atoms with Crippen LogP contribution >= 0.6 is 11.6 Å². The van der Waals surface area contributed by atoms with E-state index in [1.807, 2.05) is 24.3 Å². The number of benzene rings is 1. The van der Waals surface area contributed by atoms with Crippen molar-refractivity contribution in [1.82, 2.24) is 21.3 Å². The summed E-state index contributed by atoms with van der Waals surface area (Å²) in [6, 6.07) is 5.57. The van der Waals surface area contributed by atoms with Crippen LogP contribution in [0.5, 0.6) is 0 Å². The smallest absolute Gasteiger partial charge is 0.408 e. The number of halogens is 1. The van der Waals surface area contributed by atoms with Gasteiger partial charge in [-0.3, -0.25) is 19.2 Å². The van der Waals surface area contributed by atoms with Gasteiger partial charge in [-0.05, 0) is 81.4 Å². The molecule has 44 heavy (non-hydrogen) atoms. The molecule has 0 aromatic heterocycles. The highest BCUT2D eigenvalue weighted by atomic mass is 35.5. The second-order valence-corrected chi connectivity index (χ2v) is 13.5. The molecule has 0 radical (unpaired) electrons. The van der Waals surface area contributed by atoms with Gasteiger partial charge in [0.15, 0.2) is 0 Å². The molecule has 240 valence electrons. The highest BCUT2D eigenvalue weighted by Crippen LogP contribution is 2.32. The molecule has 4 amide bonds. The van der Waals surface area contributed by atoms with Gasteiger partial charge >= 0.3 is 6.09 Å². The van der Waals surface area contributed by atoms with Crippen LogP contribution in [0, 0.1) is 17.8 Å². The van der Waals surface area contributed by atoms with Gasteiger partial charge in [-0.2, -0.15) is 0 Å².